The van der Waals surface area contributed by atoms with Crippen molar-refractivity contribution in [1.29, 1.82) is 0 Å². The maximum absolute atomic E-state index is 12.9. The van der Waals surface area contributed by atoms with Gasteiger partial charge in [0.05, 0.1) is 12.3 Å². The lowest BCUT2D eigenvalue weighted by Gasteiger charge is -2.19. The molecule has 1 aliphatic rings. The zero-order valence-corrected chi connectivity index (χ0v) is 10.7. The fraction of sp³-hybridized carbons (Fsp3) is 0.308. The van der Waals surface area contributed by atoms with Gasteiger partial charge in [-0.25, -0.2) is 14.0 Å². The lowest BCUT2D eigenvalue weighted by atomic mass is 10.1. The van der Waals surface area contributed by atoms with Crippen molar-refractivity contribution < 1.29 is 23.8 Å². The van der Waals surface area contributed by atoms with Crippen LogP contribution in [-0.4, -0.2) is 35.4 Å². The summed E-state index contributed by atoms with van der Waals surface area (Å²) < 4.78 is 17.7. The van der Waals surface area contributed by atoms with Crippen LogP contribution >= 0.6 is 0 Å². The molecule has 0 spiro atoms. The molecule has 0 fully saturated rings. The molecule has 1 aromatic carbocycles. The van der Waals surface area contributed by atoms with E-state index in [1.165, 1.54) is 29.3 Å². The summed E-state index contributed by atoms with van der Waals surface area (Å²) in [6.07, 6.45) is -0.0501. The number of nitrogens with zero attached hydrogens (tertiary/aromatic N) is 2. The Morgan fingerprint density at radius 2 is 2.10 bits per heavy atom. The number of halogens is 1. The van der Waals surface area contributed by atoms with Crippen molar-refractivity contribution in [2.24, 2.45) is 5.10 Å². The number of rotatable bonds is 4. The van der Waals surface area contributed by atoms with Crippen molar-refractivity contribution in [2.75, 3.05) is 11.6 Å². The second-order valence-electron chi connectivity index (χ2n) is 4.15. The number of aliphatic carboxylic acids is 1. The third-order valence-corrected chi connectivity index (χ3v) is 2.80. The van der Waals surface area contributed by atoms with Gasteiger partial charge in [0.1, 0.15) is 11.5 Å². The normalized spacial score (nSPS) is 17.8. The molecule has 7 heteroatoms. The monoisotopic (exact) mass is 280 g/mol. The number of esters is 1. The van der Waals surface area contributed by atoms with Gasteiger partial charge < -0.3 is 9.84 Å². The molecule has 6 nitrogen and oxygen atoms in total. The minimum absolute atomic E-state index is 0.0450. The van der Waals surface area contributed by atoms with E-state index in [1.807, 2.05) is 0 Å². The van der Waals surface area contributed by atoms with Crippen LogP contribution in [-0.2, 0) is 14.3 Å². The van der Waals surface area contributed by atoms with Gasteiger partial charge in [-0.2, -0.15) is 5.10 Å². The number of carboxylic acids is 1. The number of anilines is 1. The van der Waals surface area contributed by atoms with Crippen molar-refractivity contribution >= 4 is 23.3 Å². The average molecular weight is 280 g/mol. The van der Waals surface area contributed by atoms with Gasteiger partial charge in [-0.3, -0.25) is 5.01 Å². The molecule has 0 saturated carbocycles. The predicted molar refractivity (Wildman–Crippen MR) is 69.0 cm³/mol. The van der Waals surface area contributed by atoms with Crippen LogP contribution in [0.1, 0.15) is 13.3 Å². The van der Waals surface area contributed by atoms with Crippen LogP contribution in [0.4, 0.5) is 10.1 Å². The van der Waals surface area contributed by atoms with E-state index in [4.69, 9.17) is 4.74 Å². The van der Waals surface area contributed by atoms with E-state index < -0.39 is 23.8 Å². The highest BCUT2D eigenvalue weighted by Gasteiger charge is 2.36. The molecule has 0 aliphatic carbocycles. The number of carbonyl (C=O) groups is 2. The van der Waals surface area contributed by atoms with Gasteiger partial charge in [0, 0.05) is 6.42 Å². The van der Waals surface area contributed by atoms with Crippen molar-refractivity contribution in [2.45, 2.75) is 19.4 Å². The van der Waals surface area contributed by atoms with Gasteiger partial charge in [-0.1, -0.05) is 0 Å². The Bertz CT molecular complexity index is 556. The smallest absolute Gasteiger partial charge is 0.354 e. The fourth-order valence-corrected chi connectivity index (χ4v) is 1.87. The Hall–Kier alpha value is -2.44. The molecular formula is C13H13FN2O4. The average Bonchev–Trinajstić information content (AvgIpc) is 2.85. The maximum Gasteiger partial charge on any atom is 0.354 e. The molecule has 1 N–H and O–H groups in total. The molecule has 0 radical (unpaired) electrons. The number of hydrogen-bond acceptors (Lipinski definition) is 5. The highest BCUT2D eigenvalue weighted by atomic mass is 19.1. The molecule has 1 heterocycles. The molecular weight excluding hydrogens is 267 g/mol. The van der Waals surface area contributed by atoms with Crippen molar-refractivity contribution in [3.05, 3.63) is 30.1 Å². The van der Waals surface area contributed by atoms with E-state index in [9.17, 15) is 19.1 Å². The van der Waals surface area contributed by atoms with Crippen molar-refractivity contribution in [3.63, 3.8) is 0 Å². The number of hydrogen-bond donors (Lipinski definition) is 1. The number of carbonyl (C=O) groups excluding carboxylic acids is 1. The molecule has 0 amide bonds. The maximum atomic E-state index is 12.9. The van der Waals surface area contributed by atoms with Crippen LogP contribution in [0.25, 0.3) is 0 Å². The highest BCUT2D eigenvalue weighted by molar-refractivity contribution is 6.38. The number of carboxylic acid groups (broad SMARTS) is 1. The first-order valence-corrected chi connectivity index (χ1v) is 6.05. The minimum Gasteiger partial charge on any atom is -0.480 e. The number of benzene rings is 1. The summed E-state index contributed by atoms with van der Waals surface area (Å²) in [5, 5.41) is 14.4. The molecule has 0 unspecified atom stereocenters. The van der Waals surface area contributed by atoms with E-state index in [1.54, 1.807) is 6.92 Å². The Morgan fingerprint density at radius 3 is 2.65 bits per heavy atom. The summed E-state index contributed by atoms with van der Waals surface area (Å²) in [5.41, 5.74) is 0.446. The van der Waals surface area contributed by atoms with Gasteiger partial charge >= 0.3 is 11.9 Å². The van der Waals surface area contributed by atoms with Crippen molar-refractivity contribution in [3.8, 4) is 0 Å². The molecule has 1 atom stereocenters. The van der Waals surface area contributed by atoms with Gasteiger partial charge in [0.25, 0.3) is 0 Å². The summed E-state index contributed by atoms with van der Waals surface area (Å²) in [4.78, 5) is 22.8. The van der Waals surface area contributed by atoms with Gasteiger partial charge in [-0.05, 0) is 31.2 Å². The summed E-state index contributed by atoms with van der Waals surface area (Å²) in [6.45, 7) is 1.84. The van der Waals surface area contributed by atoms with Crippen LogP contribution in [0.3, 0.4) is 0 Å². The molecule has 106 valence electrons. The van der Waals surface area contributed by atoms with E-state index in [2.05, 4.69) is 5.10 Å². The second-order valence-corrected chi connectivity index (χ2v) is 4.15. The standard InChI is InChI=1S/C13H13FN2O4/c1-2-20-13(19)10-7-11(12(17)18)16(15-10)9-5-3-8(14)4-6-9/h3-6,11H,2,7H2,1H3,(H,17,18)/t11-/m0/s1. The van der Waals surface area contributed by atoms with Crippen LogP contribution in [0, 0.1) is 5.82 Å². The number of ether oxygens (including phenoxy) is 1. The third kappa shape index (κ3) is 2.76. The summed E-state index contributed by atoms with van der Waals surface area (Å²) in [7, 11) is 0. The topological polar surface area (TPSA) is 79.2 Å². The van der Waals surface area contributed by atoms with Crippen LogP contribution in [0.15, 0.2) is 29.4 Å². The van der Waals surface area contributed by atoms with Crippen LogP contribution in [0.2, 0.25) is 0 Å². The first-order chi connectivity index (χ1) is 9.52. The lowest BCUT2D eigenvalue weighted by Crippen LogP contribution is -2.34. The highest BCUT2D eigenvalue weighted by Crippen LogP contribution is 2.25. The van der Waals surface area contributed by atoms with E-state index >= 15 is 0 Å². The Labute approximate surface area is 114 Å². The predicted octanol–water partition coefficient (Wildman–Crippen LogP) is 1.41. The molecule has 20 heavy (non-hydrogen) atoms. The SMILES string of the molecule is CCOC(=O)C1=NN(c2ccc(F)cc2)[C@H](C(=O)O)C1. The Morgan fingerprint density at radius 1 is 1.45 bits per heavy atom. The Balaban J connectivity index is 2.29. The molecule has 0 saturated heterocycles. The molecule has 1 aromatic rings. The zero-order valence-electron chi connectivity index (χ0n) is 10.7. The molecule has 0 bridgehead atoms. The molecule has 1 aliphatic heterocycles. The van der Waals surface area contributed by atoms with Gasteiger partial charge in [0.15, 0.2) is 6.04 Å². The fourth-order valence-electron chi connectivity index (χ4n) is 1.87. The van der Waals surface area contributed by atoms with Crippen molar-refractivity contribution in [1.82, 2.24) is 0 Å². The largest absolute Gasteiger partial charge is 0.480 e. The van der Waals surface area contributed by atoms with E-state index in [-0.39, 0.29) is 18.7 Å². The van der Waals surface area contributed by atoms with Gasteiger partial charge in [0.2, 0.25) is 0 Å². The minimum atomic E-state index is -1.11. The summed E-state index contributed by atoms with van der Waals surface area (Å²) >= 11 is 0. The third-order valence-electron chi connectivity index (χ3n) is 2.80. The first-order valence-electron chi connectivity index (χ1n) is 6.05. The van der Waals surface area contributed by atoms with E-state index in [0.717, 1.165) is 0 Å². The molecule has 0 aromatic heterocycles. The van der Waals surface area contributed by atoms with Crippen LogP contribution < -0.4 is 5.01 Å². The van der Waals surface area contributed by atoms with Crippen LogP contribution in [0.5, 0.6) is 0 Å². The quantitative estimate of drug-likeness (QED) is 0.843. The second kappa shape index (κ2) is 5.68. The number of hydrazone groups is 1. The summed E-state index contributed by atoms with van der Waals surface area (Å²) in [6, 6.07) is 4.21. The Kier molecular flexibility index (Phi) is 3.97. The lowest BCUT2D eigenvalue weighted by molar-refractivity contribution is -0.138. The molecule has 2 rings (SSSR count). The zero-order chi connectivity index (χ0) is 14.7. The summed E-state index contributed by atoms with van der Waals surface area (Å²) in [5.74, 6) is -2.19. The van der Waals surface area contributed by atoms with Gasteiger partial charge in [-0.15, -0.1) is 0 Å². The van der Waals surface area contributed by atoms with E-state index in [0.29, 0.717) is 5.69 Å². The first kappa shape index (κ1) is 14.0.